The summed E-state index contributed by atoms with van der Waals surface area (Å²) < 4.78 is 0. The summed E-state index contributed by atoms with van der Waals surface area (Å²) >= 11 is 0. The van der Waals surface area contributed by atoms with Crippen LogP contribution in [0, 0.1) is 0 Å². The molecule has 0 bridgehead atoms. The fourth-order valence-electron chi connectivity index (χ4n) is 2.41. The minimum absolute atomic E-state index is 0.262. The van der Waals surface area contributed by atoms with Crippen LogP contribution in [0.4, 0.5) is 0 Å². The molecule has 2 nitrogen and oxygen atoms in total. The van der Waals surface area contributed by atoms with Crippen molar-refractivity contribution in [3.05, 3.63) is 0 Å². The average Bonchev–Trinajstić information content (AvgIpc) is 2.62. The normalized spacial score (nSPS) is 22.9. The standard InChI is InChI=1S/C14H30N2/c1-5-6-7-10-16-11-8-9-13(16)12-15-14(2,3)4/h13,15H,5-12H2,1-4H3. The van der Waals surface area contributed by atoms with Crippen LogP contribution in [0.5, 0.6) is 0 Å². The monoisotopic (exact) mass is 226 g/mol. The Morgan fingerprint density at radius 3 is 2.62 bits per heavy atom. The number of hydrogen-bond donors (Lipinski definition) is 1. The summed E-state index contributed by atoms with van der Waals surface area (Å²) in [6, 6.07) is 0.788. The van der Waals surface area contributed by atoms with Crippen LogP contribution in [-0.2, 0) is 0 Å². The molecule has 2 heteroatoms. The quantitative estimate of drug-likeness (QED) is 0.700. The second kappa shape index (κ2) is 6.61. The van der Waals surface area contributed by atoms with Crippen molar-refractivity contribution in [3.8, 4) is 0 Å². The molecule has 0 aromatic carbocycles. The number of nitrogens with zero attached hydrogens (tertiary/aromatic N) is 1. The predicted molar refractivity (Wildman–Crippen MR) is 71.9 cm³/mol. The summed E-state index contributed by atoms with van der Waals surface area (Å²) in [7, 11) is 0. The summed E-state index contributed by atoms with van der Waals surface area (Å²) in [4.78, 5) is 2.69. The highest BCUT2D eigenvalue weighted by molar-refractivity contribution is 4.83. The molecule has 0 aliphatic carbocycles. The predicted octanol–water partition coefficient (Wildman–Crippen LogP) is 3.03. The SMILES string of the molecule is CCCCCN1CCCC1CNC(C)(C)C. The lowest BCUT2D eigenvalue weighted by molar-refractivity contribution is 0.229. The van der Waals surface area contributed by atoms with Gasteiger partial charge in [-0.05, 0) is 53.1 Å². The Bertz CT molecular complexity index is 184. The Balaban J connectivity index is 2.23. The van der Waals surface area contributed by atoms with Gasteiger partial charge in [0.15, 0.2) is 0 Å². The molecule has 0 spiro atoms. The summed E-state index contributed by atoms with van der Waals surface area (Å²) in [5.41, 5.74) is 0.262. The first-order valence-electron chi connectivity index (χ1n) is 7.02. The van der Waals surface area contributed by atoms with E-state index in [2.05, 4.69) is 37.9 Å². The first-order valence-corrected chi connectivity index (χ1v) is 7.02. The van der Waals surface area contributed by atoms with Crippen molar-refractivity contribution < 1.29 is 0 Å². The molecule has 1 aliphatic heterocycles. The maximum Gasteiger partial charge on any atom is 0.0221 e. The van der Waals surface area contributed by atoms with Gasteiger partial charge in [-0.3, -0.25) is 4.90 Å². The van der Waals surface area contributed by atoms with Gasteiger partial charge in [0.05, 0.1) is 0 Å². The van der Waals surface area contributed by atoms with E-state index in [4.69, 9.17) is 0 Å². The molecule has 0 radical (unpaired) electrons. The molecule has 1 heterocycles. The zero-order chi connectivity index (χ0) is 12.0. The van der Waals surface area contributed by atoms with E-state index in [0.29, 0.717) is 0 Å². The summed E-state index contributed by atoms with van der Waals surface area (Å²) in [5.74, 6) is 0. The van der Waals surface area contributed by atoms with Crippen LogP contribution in [0.15, 0.2) is 0 Å². The highest BCUT2D eigenvalue weighted by atomic mass is 15.2. The van der Waals surface area contributed by atoms with Crippen molar-refractivity contribution in [3.63, 3.8) is 0 Å². The van der Waals surface area contributed by atoms with Crippen molar-refractivity contribution in [1.29, 1.82) is 0 Å². The van der Waals surface area contributed by atoms with E-state index in [1.165, 1.54) is 45.2 Å². The lowest BCUT2D eigenvalue weighted by Crippen LogP contribution is -2.45. The summed E-state index contributed by atoms with van der Waals surface area (Å²) in [6.07, 6.45) is 6.87. The molecule has 1 saturated heterocycles. The van der Waals surface area contributed by atoms with Gasteiger partial charge in [-0.15, -0.1) is 0 Å². The second-order valence-corrected chi connectivity index (χ2v) is 6.17. The molecule has 96 valence electrons. The van der Waals surface area contributed by atoms with Gasteiger partial charge in [0.25, 0.3) is 0 Å². The van der Waals surface area contributed by atoms with Gasteiger partial charge in [0.2, 0.25) is 0 Å². The van der Waals surface area contributed by atoms with Gasteiger partial charge >= 0.3 is 0 Å². The highest BCUT2D eigenvalue weighted by Crippen LogP contribution is 2.18. The van der Waals surface area contributed by atoms with Crippen molar-refractivity contribution in [2.75, 3.05) is 19.6 Å². The van der Waals surface area contributed by atoms with Crippen molar-refractivity contribution in [1.82, 2.24) is 10.2 Å². The number of likely N-dealkylation sites (tertiary alicyclic amines) is 1. The minimum Gasteiger partial charge on any atom is -0.311 e. The van der Waals surface area contributed by atoms with Crippen LogP contribution in [0.2, 0.25) is 0 Å². The first-order chi connectivity index (χ1) is 7.53. The molecule has 1 rings (SSSR count). The third kappa shape index (κ3) is 5.31. The Kier molecular flexibility index (Phi) is 5.77. The molecule has 0 aromatic heterocycles. The molecule has 0 amide bonds. The highest BCUT2D eigenvalue weighted by Gasteiger charge is 2.24. The Labute approximate surface area is 102 Å². The topological polar surface area (TPSA) is 15.3 Å². The lowest BCUT2D eigenvalue weighted by Gasteiger charge is -2.29. The van der Waals surface area contributed by atoms with Crippen LogP contribution in [0.1, 0.15) is 59.8 Å². The van der Waals surface area contributed by atoms with E-state index >= 15 is 0 Å². The fraction of sp³-hybridized carbons (Fsp3) is 1.00. The molecule has 1 atom stereocenters. The van der Waals surface area contributed by atoms with Gasteiger partial charge in [0.1, 0.15) is 0 Å². The molecule has 1 aliphatic rings. The van der Waals surface area contributed by atoms with Gasteiger partial charge in [-0.2, -0.15) is 0 Å². The van der Waals surface area contributed by atoms with Gasteiger partial charge in [-0.25, -0.2) is 0 Å². The molecule has 1 fully saturated rings. The molecule has 16 heavy (non-hydrogen) atoms. The summed E-state index contributed by atoms with van der Waals surface area (Å²) in [5, 5.41) is 3.64. The molecule has 0 saturated carbocycles. The van der Waals surface area contributed by atoms with Gasteiger partial charge in [-0.1, -0.05) is 19.8 Å². The van der Waals surface area contributed by atoms with E-state index < -0.39 is 0 Å². The molecular formula is C14H30N2. The zero-order valence-corrected chi connectivity index (χ0v) is 11.7. The van der Waals surface area contributed by atoms with E-state index in [9.17, 15) is 0 Å². The van der Waals surface area contributed by atoms with Crippen molar-refractivity contribution >= 4 is 0 Å². The Morgan fingerprint density at radius 2 is 2.00 bits per heavy atom. The van der Waals surface area contributed by atoms with Crippen molar-refractivity contribution in [2.24, 2.45) is 0 Å². The third-order valence-corrected chi connectivity index (χ3v) is 3.42. The maximum absolute atomic E-state index is 3.64. The van der Waals surface area contributed by atoms with Gasteiger partial charge < -0.3 is 5.32 Å². The lowest BCUT2D eigenvalue weighted by atomic mass is 10.1. The zero-order valence-electron chi connectivity index (χ0n) is 11.7. The van der Waals surface area contributed by atoms with Crippen LogP contribution < -0.4 is 5.32 Å². The molecular weight excluding hydrogens is 196 g/mol. The Hall–Kier alpha value is -0.0800. The van der Waals surface area contributed by atoms with E-state index in [0.717, 1.165) is 12.6 Å². The molecule has 1 N–H and O–H groups in total. The van der Waals surface area contributed by atoms with E-state index in [-0.39, 0.29) is 5.54 Å². The number of rotatable bonds is 6. The number of hydrogen-bond acceptors (Lipinski definition) is 2. The maximum atomic E-state index is 3.64. The second-order valence-electron chi connectivity index (χ2n) is 6.17. The largest absolute Gasteiger partial charge is 0.311 e. The Morgan fingerprint density at radius 1 is 1.25 bits per heavy atom. The number of nitrogens with one attached hydrogen (secondary N) is 1. The third-order valence-electron chi connectivity index (χ3n) is 3.42. The van der Waals surface area contributed by atoms with Crippen LogP contribution in [-0.4, -0.2) is 36.1 Å². The van der Waals surface area contributed by atoms with Crippen LogP contribution in [0.25, 0.3) is 0 Å². The van der Waals surface area contributed by atoms with Crippen molar-refractivity contribution in [2.45, 2.75) is 71.4 Å². The number of unbranched alkanes of at least 4 members (excludes halogenated alkanes) is 2. The molecule has 0 aromatic rings. The first kappa shape index (κ1) is 14.0. The van der Waals surface area contributed by atoms with E-state index in [1.54, 1.807) is 0 Å². The minimum atomic E-state index is 0.262. The van der Waals surface area contributed by atoms with E-state index in [1.807, 2.05) is 0 Å². The molecule has 1 unspecified atom stereocenters. The van der Waals surface area contributed by atoms with Gasteiger partial charge in [0, 0.05) is 18.1 Å². The van der Waals surface area contributed by atoms with Crippen LogP contribution >= 0.6 is 0 Å². The smallest absolute Gasteiger partial charge is 0.0221 e. The fourth-order valence-corrected chi connectivity index (χ4v) is 2.41. The summed E-state index contributed by atoms with van der Waals surface area (Å²) in [6.45, 7) is 12.8. The average molecular weight is 226 g/mol. The van der Waals surface area contributed by atoms with Crippen LogP contribution in [0.3, 0.4) is 0 Å².